The lowest BCUT2D eigenvalue weighted by atomic mass is 10.1. The Bertz CT molecular complexity index is 1150. The third kappa shape index (κ3) is 5.62. The van der Waals surface area contributed by atoms with Crippen molar-refractivity contribution >= 4 is 33.2 Å². The zero-order chi connectivity index (χ0) is 22.6. The zero-order valence-corrected chi connectivity index (χ0v) is 18.6. The Morgan fingerprint density at radius 2 is 1.58 bits per heavy atom. The number of hydrogen-bond donors (Lipinski definition) is 1. The summed E-state index contributed by atoms with van der Waals surface area (Å²) < 4.78 is 39.8. The Morgan fingerprint density at radius 1 is 1.00 bits per heavy atom. The van der Waals surface area contributed by atoms with Crippen LogP contribution in [0.25, 0.3) is 0 Å². The highest BCUT2D eigenvalue weighted by Crippen LogP contribution is 2.24. The number of anilines is 1. The third-order valence-corrected chi connectivity index (χ3v) is 6.94. The number of rotatable bonds is 7. The smallest absolute Gasteiger partial charge is 0.264 e. The third-order valence-electron chi connectivity index (χ3n) is 4.88. The van der Waals surface area contributed by atoms with Crippen LogP contribution in [0.15, 0.2) is 77.7 Å². The van der Waals surface area contributed by atoms with Gasteiger partial charge in [-0.25, -0.2) is 12.8 Å². The Hall–Kier alpha value is -2.90. The number of hydrogen-bond acceptors (Lipinski definition) is 3. The molecular formula is C23H22ClFN2O3S. The number of nitrogens with one attached hydrogen (secondary N) is 1. The molecule has 31 heavy (non-hydrogen) atoms. The fourth-order valence-electron chi connectivity index (χ4n) is 3.04. The van der Waals surface area contributed by atoms with Crippen LogP contribution >= 0.6 is 11.6 Å². The van der Waals surface area contributed by atoms with Crippen LogP contribution in [0, 0.1) is 5.82 Å². The van der Waals surface area contributed by atoms with E-state index < -0.39 is 10.0 Å². The summed E-state index contributed by atoms with van der Waals surface area (Å²) in [7, 11) is -2.26. The number of halogens is 2. The highest BCUT2D eigenvalue weighted by atomic mass is 35.5. The van der Waals surface area contributed by atoms with Gasteiger partial charge in [0.25, 0.3) is 10.0 Å². The highest BCUT2D eigenvalue weighted by molar-refractivity contribution is 7.92. The summed E-state index contributed by atoms with van der Waals surface area (Å²) in [4.78, 5) is 12.5. The number of amides is 1. The van der Waals surface area contributed by atoms with Crippen LogP contribution in [-0.2, 0) is 21.2 Å². The Morgan fingerprint density at radius 3 is 2.16 bits per heavy atom. The van der Waals surface area contributed by atoms with E-state index in [1.165, 1.54) is 47.8 Å². The van der Waals surface area contributed by atoms with E-state index in [0.717, 1.165) is 11.1 Å². The fourth-order valence-corrected chi connectivity index (χ4v) is 4.36. The average Bonchev–Trinajstić information content (AvgIpc) is 2.74. The molecule has 0 aliphatic rings. The maximum atomic E-state index is 13.0. The molecule has 3 aromatic carbocycles. The van der Waals surface area contributed by atoms with Crippen molar-refractivity contribution < 1.29 is 17.6 Å². The molecular weight excluding hydrogens is 439 g/mol. The molecule has 0 fully saturated rings. The lowest BCUT2D eigenvalue weighted by molar-refractivity contribution is -0.121. The first-order valence-corrected chi connectivity index (χ1v) is 11.4. The van der Waals surface area contributed by atoms with Gasteiger partial charge in [-0.1, -0.05) is 35.9 Å². The maximum absolute atomic E-state index is 13.0. The largest absolute Gasteiger partial charge is 0.349 e. The van der Waals surface area contributed by atoms with E-state index in [2.05, 4.69) is 5.32 Å². The molecule has 8 heteroatoms. The minimum absolute atomic E-state index is 0.137. The number of nitrogens with zero attached hydrogens (tertiary/aromatic N) is 1. The van der Waals surface area contributed by atoms with E-state index in [1.807, 2.05) is 6.92 Å². The van der Waals surface area contributed by atoms with Gasteiger partial charge < -0.3 is 5.32 Å². The molecule has 3 rings (SSSR count). The van der Waals surface area contributed by atoms with E-state index in [9.17, 15) is 17.6 Å². The van der Waals surface area contributed by atoms with Crippen LogP contribution in [-0.4, -0.2) is 21.4 Å². The van der Waals surface area contributed by atoms with Gasteiger partial charge in [-0.05, 0) is 66.6 Å². The van der Waals surface area contributed by atoms with Crippen molar-refractivity contribution in [3.8, 4) is 0 Å². The van der Waals surface area contributed by atoms with Gasteiger partial charge in [0.15, 0.2) is 0 Å². The normalized spacial score (nSPS) is 12.3. The van der Waals surface area contributed by atoms with E-state index in [1.54, 1.807) is 36.4 Å². The first kappa shape index (κ1) is 22.8. The maximum Gasteiger partial charge on any atom is 0.264 e. The minimum Gasteiger partial charge on any atom is -0.349 e. The lowest BCUT2D eigenvalue weighted by Crippen LogP contribution is -2.28. The number of carbonyl (C=O) groups excluding carboxylic acids is 1. The van der Waals surface area contributed by atoms with Gasteiger partial charge >= 0.3 is 0 Å². The van der Waals surface area contributed by atoms with Gasteiger partial charge in [-0.3, -0.25) is 9.10 Å². The van der Waals surface area contributed by atoms with Crippen molar-refractivity contribution in [2.45, 2.75) is 24.3 Å². The Kier molecular flexibility index (Phi) is 6.97. The van der Waals surface area contributed by atoms with Crippen molar-refractivity contribution in [2.75, 3.05) is 11.4 Å². The molecule has 0 heterocycles. The van der Waals surface area contributed by atoms with Gasteiger partial charge in [0.1, 0.15) is 5.82 Å². The molecule has 162 valence electrons. The first-order valence-electron chi connectivity index (χ1n) is 9.55. The van der Waals surface area contributed by atoms with Crippen LogP contribution in [0.4, 0.5) is 10.1 Å². The summed E-state index contributed by atoms with van der Waals surface area (Å²) in [5.41, 5.74) is 2.02. The molecule has 1 unspecified atom stereocenters. The van der Waals surface area contributed by atoms with E-state index in [4.69, 9.17) is 11.6 Å². The number of carbonyl (C=O) groups is 1. The quantitative estimate of drug-likeness (QED) is 0.554. The molecule has 0 saturated carbocycles. The average molecular weight is 461 g/mol. The summed E-state index contributed by atoms with van der Waals surface area (Å²) in [6.07, 6.45) is 0.138. The van der Waals surface area contributed by atoms with Gasteiger partial charge in [0.05, 0.1) is 23.0 Å². The SMILES string of the molecule is CC(NC(=O)Cc1ccc(N(C)S(=O)(=O)c2ccc(Cl)cc2)cc1)c1ccc(F)cc1. The van der Waals surface area contributed by atoms with Crippen LogP contribution in [0.2, 0.25) is 5.02 Å². The first-order chi connectivity index (χ1) is 14.7. The summed E-state index contributed by atoms with van der Waals surface area (Å²) in [5, 5.41) is 3.33. The second-order valence-electron chi connectivity index (χ2n) is 7.11. The highest BCUT2D eigenvalue weighted by Gasteiger charge is 2.21. The molecule has 1 atom stereocenters. The van der Waals surface area contributed by atoms with Gasteiger partial charge in [-0.15, -0.1) is 0 Å². The molecule has 0 spiro atoms. The monoisotopic (exact) mass is 460 g/mol. The minimum atomic E-state index is -3.73. The predicted octanol–water partition coefficient (Wildman–Crippen LogP) is 4.72. The van der Waals surface area contributed by atoms with Crippen LogP contribution < -0.4 is 9.62 Å². The van der Waals surface area contributed by atoms with E-state index in [0.29, 0.717) is 10.7 Å². The molecule has 0 aliphatic heterocycles. The molecule has 0 bridgehead atoms. The van der Waals surface area contributed by atoms with Crippen molar-refractivity contribution in [2.24, 2.45) is 0 Å². The molecule has 0 saturated heterocycles. The Labute approximate surface area is 186 Å². The zero-order valence-electron chi connectivity index (χ0n) is 17.0. The van der Waals surface area contributed by atoms with Crippen LogP contribution in [0.3, 0.4) is 0 Å². The second kappa shape index (κ2) is 9.49. The van der Waals surface area contributed by atoms with Gasteiger partial charge in [0, 0.05) is 12.1 Å². The van der Waals surface area contributed by atoms with Crippen molar-refractivity contribution in [3.05, 3.63) is 94.8 Å². The standard InChI is InChI=1S/C23H22ClFN2O3S/c1-16(18-5-9-20(25)10-6-18)26-23(28)15-17-3-11-21(12-4-17)27(2)31(29,30)22-13-7-19(24)8-14-22/h3-14,16H,15H2,1-2H3,(H,26,28). The summed E-state index contributed by atoms with van der Waals surface area (Å²) in [6.45, 7) is 1.82. The second-order valence-corrected chi connectivity index (χ2v) is 9.52. The Balaban J connectivity index is 1.64. The number of sulfonamides is 1. The molecule has 1 amide bonds. The van der Waals surface area contributed by atoms with Crippen molar-refractivity contribution in [1.82, 2.24) is 5.32 Å². The van der Waals surface area contributed by atoms with E-state index >= 15 is 0 Å². The van der Waals surface area contributed by atoms with E-state index in [-0.39, 0.29) is 29.1 Å². The lowest BCUT2D eigenvalue weighted by Gasteiger charge is -2.20. The topological polar surface area (TPSA) is 66.5 Å². The summed E-state index contributed by atoms with van der Waals surface area (Å²) >= 11 is 5.83. The van der Waals surface area contributed by atoms with Crippen LogP contribution in [0.5, 0.6) is 0 Å². The van der Waals surface area contributed by atoms with Crippen molar-refractivity contribution in [1.29, 1.82) is 0 Å². The summed E-state index contributed by atoms with van der Waals surface area (Å²) in [6, 6.07) is 18.4. The summed E-state index contributed by atoms with van der Waals surface area (Å²) in [5.74, 6) is -0.517. The van der Waals surface area contributed by atoms with Crippen molar-refractivity contribution in [3.63, 3.8) is 0 Å². The van der Waals surface area contributed by atoms with Gasteiger partial charge in [0.2, 0.25) is 5.91 Å². The molecule has 1 N–H and O–H groups in total. The van der Waals surface area contributed by atoms with Gasteiger partial charge in [-0.2, -0.15) is 0 Å². The molecule has 0 aromatic heterocycles. The molecule has 0 radical (unpaired) electrons. The fraction of sp³-hybridized carbons (Fsp3) is 0.174. The van der Waals surface area contributed by atoms with Crippen LogP contribution in [0.1, 0.15) is 24.1 Å². The molecule has 0 aliphatic carbocycles. The molecule has 3 aromatic rings. The number of benzene rings is 3. The molecule has 5 nitrogen and oxygen atoms in total. The predicted molar refractivity (Wildman–Crippen MR) is 120 cm³/mol.